The Morgan fingerprint density at radius 3 is 2.30 bits per heavy atom. The van der Waals surface area contributed by atoms with Crippen molar-refractivity contribution < 1.29 is 17.6 Å². The number of hydrogen-bond acceptors (Lipinski definition) is 5. The number of nitrogens with zero attached hydrogens (tertiary/aromatic N) is 3. The van der Waals surface area contributed by atoms with E-state index in [9.17, 15) is 17.6 Å². The molecule has 2 N–H and O–H groups in total. The van der Waals surface area contributed by atoms with Crippen molar-refractivity contribution in [3.05, 3.63) is 48.4 Å². The first-order valence-electron chi connectivity index (χ1n) is 8.32. The summed E-state index contributed by atoms with van der Waals surface area (Å²) in [6, 6.07) is 4.35. The first-order chi connectivity index (χ1) is 12.9. The molecule has 140 valence electrons. The molecule has 1 aliphatic rings. The van der Waals surface area contributed by atoms with Crippen molar-refractivity contribution in [3.8, 4) is 11.1 Å². The lowest BCUT2D eigenvalue weighted by Gasteiger charge is -2.16. The summed E-state index contributed by atoms with van der Waals surface area (Å²) in [7, 11) is 0. The van der Waals surface area contributed by atoms with Crippen LogP contribution in [-0.2, 0) is 6.18 Å². The fraction of sp³-hybridized carbons (Fsp3) is 0.278. The van der Waals surface area contributed by atoms with Gasteiger partial charge in [0.1, 0.15) is 17.2 Å². The summed E-state index contributed by atoms with van der Waals surface area (Å²) in [5.41, 5.74) is 1.29. The molecule has 0 saturated carbocycles. The van der Waals surface area contributed by atoms with E-state index in [2.05, 4.69) is 25.6 Å². The normalized spacial score (nSPS) is 20.1. The van der Waals surface area contributed by atoms with Crippen molar-refractivity contribution >= 4 is 16.9 Å². The molecule has 1 saturated heterocycles. The second-order valence-electron chi connectivity index (χ2n) is 6.27. The van der Waals surface area contributed by atoms with Gasteiger partial charge < -0.3 is 10.6 Å². The molecule has 0 amide bonds. The van der Waals surface area contributed by atoms with Crippen LogP contribution < -0.4 is 10.6 Å². The van der Waals surface area contributed by atoms with Crippen LogP contribution in [0.25, 0.3) is 22.2 Å². The molecule has 1 fully saturated rings. The highest BCUT2D eigenvalue weighted by atomic mass is 19.4. The number of fused-ring (bicyclic) bond motifs is 1. The quantitative estimate of drug-likeness (QED) is 0.685. The van der Waals surface area contributed by atoms with E-state index in [0.29, 0.717) is 34.5 Å². The average Bonchev–Trinajstić information content (AvgIpc) is 3.06. The van der Waals surface area contributed by atoms with Gasteiger partial charge in [-0.3, -0.25) is 4.98 Å². The summed E-state index contributed by atoms with van der Waals surface area (Å²) in [4.78, 5) is 12.9. The van der Waals surface area contributed by atoms with Gasteiger partial charge in [-0.1, -0.05) is 12.1 Å². The van der Waals surface area contributed by atoms with Gasteiger partial charge in [0.25, 0.3) is 0 Å². The van der Waals surface area contributed by atoms with Gasteiger partial charge in [-0.2, -0.15) is 13.2 Å². The van der Waals surface area contributed by atoms with Crippen LogP contribution in [0.5, 0.6) is 0 Å². The summed E-state index contributed by atoms with van der Waals surface area (Å²) in [6.45, 7) is 0.732. The molecule has 0 aliphatic carbocycles. The molecule has 9 heteroatoms. The Morgan fingerprint density at radius 2 is 1.67 bits per heavy atom. The lowest BCUT2D eigenvalue weighted by molar-refractivity contribution is -0.137. The van der Waals surface area contributed by atoms with Crippen LogP contribution in [0.3, 0.4) is 0 Å². The molecule has 5 nitrogen and oxygen atoms in total. The van der Waals surface area contributed by atoms with Crippen molar-refractivity contribution in [3.63, 3.8) is 0 Å². The first-order valence-corrected chi connectivity index (χ1v) is 8.32. The zero-order valence-electron chi connectivity index (χ0n) is 14.0. The molecule has 1 aliphatic heterocycles. The van der Waals surface area contributed by atoms with Gasteiger partial charge in [0, 0.05) is 37.2 Å². The molecule has 0 bridgehead atoms. The topological polar surface area (TPSA) is 62.7 Å². The van der Waals surface area contributed by atoms with Crippen LogP contribution in [0.15, 0.2) is 42.9 Å². The molecule has 4 rings (SSSR count). The van der Waals surface area contributed by atoms with Gasteiger partial charge in [0.15, 0.2) is 5.82 Å². The van der Waals surface area contributed by atoms with Crippen LogP contribution in [0.1, 0.15) is 5.56 Å². The third kappa shape index (κ3) is 3.42. The summed E-state index contributed by atoms with van der Waals surface area (Å²) in [6.07, 6.45) is -0.948. The number of pyridine rings is 1. The van der Waals surface area contributed by atoms with Crippen molar-refractivity contribution in [1.29, 1.82) is 0 Å². The predicted octanol–water partition coefficient (Wildman–Crippen LogP) is 3.43. The molecule has 3 heterocycles. The van der Waals surface area contributed by atoms with E-state index in [4.69, 9.17) is 0 Å². The Labute approximate surface area is 151 Å². The summed E-state index contributed by atoms with van der Waals surface area (Å²) in [5.74, 6) is 0.394. The zero-order valence-corrected chi connectivity index (χ0v) is 14.0. The van der Waals surface area contributed by atoms with Gasteiger partial charge in [-0.25, -0.2) is 14.4 Å². The van der Waals surface area contributed by atoms with E-state index in [0.717, 1.165) is 12.1 Å². The fourth-order valence-electron chi connectivity index (χ4n) is 3.08. The van der Waals surface area contributed by atoms with Crippen LogP contribution in [0.2, 0.25) is 0 Å². The smallest absolute Gasteiger partial charge is 0.361 e. The molecule has 2 aromatic heterocycles. The largest absolute Gasteiger partial charge is 0.416 e. The van der Waals surface area contributed by atoms with Crippen molar-refractivity contribution in [2.75, 3.05) is 18.4 Å². The molecular weight excluding hydrogens is 362 g/mol. The number of nitrogens with one attached hydrogen (secondary N) is 2. The van der Waals surface area contributed by atoms with E-state index < -0.39 is 24.0 Å². The molecule has 27 heavy (non-hydrogen) atoms. The van der Waals surface area contributed by atoms with Crippen molar-refractivity contribution in [2.45, 2.75) is 18.4 Å². The summed E-state index contributed by atoms with van der Waals surface area (Å²) >= 11 is 0. The Bertz CT molecular complexity index is 958. The second kappa shape index (κ2) is 6.73. The highest BCUT2D eigenvalue weighted by Crippen LogP contribution is 2.33. The van der Waals surface area contributed by atoms with Crippen LogP contribution in [0.4, 0.5) is 23.4 Å². The van der Waals surface area contributed by atoms with Crippen molar-refractivity contribution in [1.82, 2.24) is 20.3 Å². The maximum atomic E-state index is 13.9. The third-order valence-corrected chi connectivity index (χ3v) is 4.49. The molecule has 2 atom stereocenters. The van der Waals surface area contributed by atoms with E-state index >= 15 is 0 Å². The number of anilines is 1. The Morgan fingerprint density at radius 1 is 0.963 bits per heavy atom. The monoisotopic (exact) mass is 377 g/mol. The van der Waals surface area contributed by atoms with Crippen LogP contribution in [-0.4, -0.2) is 40.3 Å². The fourth-order valence-corrected chi connectivity index (χ4v) is 3.08. The standard InChI is InChI=1S/C18H15F4N5/c19-13-8-23-9-14(13)27-17-16-15(24-5-6-25-16)12(7-26-17)10-1-3-11(4-2-10)18(20,21)22/h1-7,13-14,23H,8-9H2,(H,26,27)/t13-,14+/m0/s1. The molecule has 3 aromatic rings. The highest BCUT2D eigenvalue weighted by Gasteiger charge is 2.30. The first kappa shape index (κ1) is 17.6. The minimum atomic E-state index is -4.40. The molecule has 0 unspecified atom stereocenters. The maximum Gasteiger partial charge on any atom is 0.416 e. The third-order valence-electron chi connectivity index (χ3n) is 4.49. The SMILES string of the molecule is F[C@H]1CNC[C@H]1Nc1ncc(-c2ccc(C(F)(F)F)cc2)c2nccnc12. The predicted molar refractivity (Wildman–Crippen MR) is 92.9 cm³/mol. The van der Waals surface area contributed by atoms with Crippen LogP contribution in [0, 0.1) is 0 Å². The Balaban J connectivity index is 1.73. The second-order valence-corrected chi connectivity index (χ2v) is 6.27. The zero-order chi connectivity index (χ0) is 19.0. The van der Waals surface area contributed by atoms with Gasteiger partial charge in [-0.15, -0.1) is 0 Å². The summed E-state index contributed by atoms with van der Waals surface area (Å²) in [5, 5.41) is 5.99. The number of aromatic nitrogens is 3. The molecular formula is C18H15F4N5. The van der Waals surface area contributed by atoms with Crippen LogP contribution >= 0.6 is 0 Å². The number of benzene rings is 1. The minimum absolute atomic E-state index is 0.269. The minimum Gasteiger partial charge on any atom is -0.361 e. The van der Waals surface area contributed by atoms with Gasteiger partial charge in [-0.05, 0) is 17.7 Å². The van der Waals surface area contributed by atoms with E-state index in [1.54, 1.807) is 0 Å². The number of alkyl halides is 4. The van der Waals surface area contributed by atoms with E-state index in [-0.39, 0.29) is 6.54 Å². The van der Waals surface area contributed by atoms with Gasteiger partial charge >= 0.3 is 6.18 Å². The average molecular weight is 377 g/mol. The molecule has 1 aromatic carbocycles. The van der Waals surface area contributed by atoms with Gasteiger partial charge in [0.2, 0.25) is 0 Å². The lowest BCUT2D eigenvalue weighted by atomic mass is 10.0. The lowest BCUT2D eigenvalue weighted by Crippen LogP contribution is -2.29. The number of hydrogen-bond donors (Lipinski definition) is 2. The maximum absolute atomic E-state index is 13.9. The Kier molecular flexibility index (Phi) is 4.39. The summed E-state index contributed by atoms with van der Waals surface area (Å²) < 4.78 is 52.2. The highest BCUT2D eigenvalue weighted by molar-refractivity contribution is 5.96. The van der Waals surface area contributed by atoms with E-state index in [1.807, 2.05) is 0 Å². The number of halogens is 4. The van der Waals surface area contributed by atoms with E-state index in [1.165, 1.54) is 30.7 Å². The Hall–Kier alpha value is -2.81. The van der Waals surface area contributed by atoms with Gasteiger partial charge in [0.05, 0.1) is 11.6 Å². The molecule has 0 radical (unpaired) electrons. The molecule has 0 spiro atoms. The number of rotatable bonds is 3. The van der Waals surface area contributed by atoms with Crippen molar-refractivity contribution in [2.24, 2.45) is 0 Å².